The van der Waals surface area contributed by atoms with Crippen molar-refractivity contribution in [2.45, 2.75) is 31.1 Å². The number of aliphatic hydroxyl groups is 1. The van der Waals surface area contributed by atoms with Gasteiger partial charge in [-0.25, -0.2) is 9.55 Å². The molecule has 0 spiro atoms. The number of imidazole rings is 1. The lowest BCUT2D eigenvalue weighted by Crippen LogP contribution is -2.22. The molecule has 2 aromatic heterocycles. The van der Waals surface area contributed by atoms with Gasteiger partial charge < -0.3 is 15.4 Å². The Morgan fingerprint density at radius 2 is 2.20 bits per heavy atom. The van der Waals surface area contributed by atoms with E-state index < -0.39 is 37.5 Å². The van der Waals surface area contributed by atoms with Crippen molar-refractivity contribution in [3.8, 4) is 0 Å². The third-order valence-corrected chi connectivity index (χ3v) is 8.27. The Morgan fingerprint density at radius 3 is 2.97 bits per heavy atom. The van der Waals surface area contributed by atoms with E-state index in [1.807, 2.05) is 0 Å². The number of nitrogens with two attached hydrogens (primary N) is 1. The van der Waals surface area contributed by atoms with Crippen LogP contribution >= 0.6 is 31.0 Å². The molecule has 1 aliphatic carbocycles. The first kappa shape index (κ1) is 24.5. The summed E-state index contributed by atoms with van der Waals surface area (Å²) < 4.78 is 31.5. The maximum absolute atomic E-state index is 13.2. The number of H-pyrrole nitrogens is 1. The molecule has 35 heavy (non-hydrogen) atoms. The highest BCUT2D eigenvalue weighted by Crippen LogP contribution is 2.58. The van der Waals surface area contributed by atoms with Crippen molar-refractivity contribution in [1.82, 2.24) is 19.5 Å². The fraction of sp³-hybridized carbons (Fsp3) is 0.381. The molecular formula is C21H22Cl2N5O6P. The number of nitrogen functional groups attached to an aromatic ring is 1. The number of phosphoric acid groups is 1. The van der Waals surface area contributed by atoms with E-state index in [1.165, 1.54) is 6.33 Å². The highest BCUT2D eigenvalue weighted by molar-refractivity contribution is 7.48. The van der Waals surface area contributed by atoms with Gasteiger partial charge in [-0.2, -0.15) is 4.98 Å². The molecule has 1 saturated heterocycles. The fourth-order valence-corrected chi connectivity index (χ4v) is 6.37. The van der Waals surface area contributed by atoms with E-state index in [-0.39, 0.29) is 36.7 Å². The van der Waals surface area contributed by atoms with Crippen LogP contribution in [-0.4, -0.2) is 43.9 Å². The van der Waals surface area contributed by atoms with Gasteiger partial charge in [0.2, 0.25) is 5.95 Å². The Morgan fingerprint density at radius 1 is 1.40 bits per heavy atom. The number of nitrogens with zero attached hydrogens (tertiary/aromatic N) is 3. The lowest BCUT2D eigenvalue weighted by Gasteiger charge is -2.30. The summed E-state index contributed by atoms with van der Waals surface area (Å²) in [5, 5.41) is 11.6. The van der Waals surface area contributed by atoms with Crippen molar-refractivity contribution < 1.29 is 23.2 Å². The average molecular weight is 542 g/mol. The van der Waals surface area contributed by atoms with Gasteiger partial charge in [0, 0.05) is 27.9 Å². The van der Waals surface area contributed by atoms with Crippen molar-refractivity contribution in [3.63, 3.8) is 0 Å². The Kier molecular flexibility index (Phi) is 6.52. The van der Waals surface area contributed by atoms with Crippen LogP contribution < -0.4 is 11.3 Å². The van der Waals surface area contributed by atoms with Crippen LogP contribution in [0.4, 0.5) is 5.95 Å². The minimum Gasteiger partial charge on any atom is -0.392 e. The Bertz CT molecular complexity index is 1410. The SMILES string of the molecule is C=C1[C@H](COP2(=O)OCC[C@H](c3ccc(Cl)cc3Cl)O2)[C@@H](O)C[C@@H]1n1cnc2c(=O)[nH]c(N)nc21. The second-order valence-electron chi connectivity index (χ2n) is 8.40. The van der Waals surface area contributed by atoms with Gasteiger partial charge in [-0.15, -0.1) is 0 Å². The third kappa shape index (κ3) is 4.65. The number of halogens is 2. The summed E-state index contributed by atoms with van der Waals surface area (Å²) in [4.78, 5) is 22.8. The molecular weight excluding hydrogens is 520 g/mol. The van der Waals surface area contributed by atoms with Gasteiger partial charge in [0.25, 0.3) is 5.56 Å². The monoisotopic (exact) mass is 541 g/mol. The van der Waals surface area contributed by atoms with Crippen molar-refractivity contribution in [2.75, 3.05) is 18.9 Å². The molecule has 0 bridgehead atoms. The molecule has 11 nitrogen and oxygen atoms in total. The number of aliphatic hydroxyl groups excluding tert-OH is 1. The minimum atomic E-state index is -3.94. The van der Waals surface area contributed by atoms with Crippen LogP contribution in [0.3, 0.4) is 0 Å². The molecule has 1 aromatic carbocycles. The number of fused-ring (bicyclic) bond motifs is 1. The smallest absolute Gasteiger partial charge is 0.392 e. The van der Waals surface area contributed by atoms with Crippen LogP contribution in [-0.2, 0) is 18.1 Å². The quantitative estimate of drug-likeness (QED) is 0.323. The molecule has 1 saturated carbocycles. The van der Waals surface area contributed by atoms with Gasteiger partial charge in [-0.3, -0.25) is 23.3 Å². The van der Waals surface area contributed by atoms with Gasteiger partial charge in [-0.05, 0) is 24.1 Å². The van der Waals surface area contributed by atoms with Crippen LogP contribution in [0, 0.1) is 5.92 Å². The zero-order valence-corrected chi connectivity index (χ0v) is 20.7. The number of nitrogens with one attached hydrogen (secondary N) is 1. The van der Waals surface area contributed by atoms with E-state index in [0.29, 0.717) is 27.6 Å². The standard InChI is InChI=1S/C21H22Cl2N5O6P/c1-10-13(16(29)7-15(10)28-9-25-18-19(28)26-21(24)27-20(18)30)8-33-35(31)32-5-4-17(34-35)12-3-2-11(22)6-14(12)23/h2-3,6,9,13,15-17,29H,1,4-5,7-8H2,(H3,24,26,27,30)/t13-,15-,16-,17+,35?/m0/s1. The van der Waals surface area contributed by atoms with E-state index in [4.69, 9.17) is 42.5 Å². The van der Waals surface area contributed by atoms with Crippen molar-refractivity contribution in [1.29, 1.82) is 0 Å². The Hall–Kier alpha value is -2.24. The highest BCUT2D eigenvalue weighted by atomic mass is 35.5. The fourth-order valence-electron chi connectivity index (χ4n) is 4.44. The van der Waals surface area contributed by atoms with Crippen molar-refractivity contribution in [3.05, 3.63) is 62.6 Å². The van der Waals surface area contributed by atoms with E-state index in [9.17, 15) is 14.5 Å². The predicted molar refractivity (Wildman–Crippen MR) is 129 cm³/mol. The number of aromatic nitrogens is 4. The lowest BCUT2D eigenvalue weighted by atomic mass is 10.0. The number of phosphoric ester groups is 1. The number of aromatic amines is 1. The molecule has 3 heterocycles. The van der Waals surface area contributed by atoms with Gasteiger partial charge >= 0.3 is 7.82 Å². The summed E-state index contributed by atoms with van der Waals surface area (Å²) in [6.07, 6.45) is 0.687. The molecule has 4 N–H and O–H groups in total. The van der Waals surface area contributed by atoms with E-state index in [2.05, 4.69) is 21.5 Å². The Balaban J connectivity index is 1.31. The first-order chi connectivity index (χ1) is 16.6. The molecule has 0 amide bonds. The highest BCUT2D eigenvalue weighted by Gasteiger charge is 2.42. The number of hydrogen-bond acceptors (Lipinski definition) is 9. The number of rotatable bonds is 5. The maximum atomic E-state index is 13.2. The van der Waals surface area contributed by atoms with Crippen LogP contribution in [0.1, 0.15) is 30.6 Å². The van der Waals surface area contributed by atoms with Crippen LogP contribution in [0.25, 0.3) is 11.2 Å². The zero-order valence-electron chi connectivity index (χ0n) is 18.3. The number of benzene rings is 1. The first-order valence-electron chi connectivity index (χ1n) is 10.8. The number of hydrogen-bond donors (Lipinski definition) is 3. The summed E-state index contributed by atoms with van der Waals surface area (Å²) in [7, 11) is -3.94. The number of anilines is 1. The van der Waals surface area contributed by atoms with E-state index >= 15 is 0 Å². The van der Waals surface area contributed by atoms with Crippen LogP contribution in [0.15, 0.2) is 41.5 Å². The minimum absolute atomic E-state index is 0.0478. The van der Waals surface area contributed by atoms with Crippen molar-refractivity contribution >= 4 is 48.1 Å². The summed E-state index contributed by atoms with van der Waals surface area (Å²) in [6, 6.07) is 4.53. The average Bonchev–Trinajstić information content (AvgIpc) is 3.32. The van der Waals surface area contributed by atoms with Gasteiger partial charge in [0.1, 0.15) is 0 Å². The molecule has 186 valence electrons. The third-order valence-electron chi connectivity index (χ3n) is 6.23. The molecule has 5 rings (SSSR count). The lowest BCUT2D eigenvalue weighted by molar-refractivity contribution is 0.0166. The molecule has 3 aromatic rings. The second kappa shape index (κ2) is 9.33. The normalized spacial score (nSPS) is 29.2. The zero-order chi connectivity index (χ0) is 24.9. The Labute approximate surface area is 209 Å². The molecule has 2 fully saturated rings. The van der Waals surface area contributed by atoms with Gasteiger partial charge in [-0.1, -0.05) is 35.8 Å². The van der Waals surface area contributed by atoms with Crippen molar-refractivity contribution in [2.24, 2.45) is 5.92 Å². The second-order valence-corrected chi connectivity index (χ2v) is 10.9. The summed E-state index contributed by atoms with van der Waals surface area (Å²) >= 11 is 12.2. The summed E-state index contributed by atoms with van der Waals surface area (Å²) in [5.41, 5.74) is 6.85. The summed E-state index contributed by atoms with van der Waals surface area (Å²) in [6.45, 7) is 4.09. The topological polar surface area (TPSA) is 155 Å². The molecule has 1 aliphatic heterocycles. The molecule has 5 atom stereocenters. The van der Waals surface area contributed by atoms with Gasteiger partial charge in [0.15, 0.2) is 11.2 Å². The maximum Gasteiger partial charge on any atom is 0.475 e. The van der Waals surface area contributed by atoms with E-state index in [1.54, 1.807) is 22.8 Å². The van der Waals surface area contributed by atoms with Crippen LogP contribution in [0.5, 0.6) is 0 Å². The molecule has 2 aliphatic rings. The van der Waals surface area contributed by atoms with Crippen LogP contribution in [0.2, 0.25) is 10.0 Å². The molecule has 1 unspecified atom stereocenters. The predicted octanol–water partition coefficient (Wildman–Crippen LogP) is 3.79. The van der Waals surface area contributed by atoms with Gasteiger partial charge in [0.05, 0.1) is 37.8 Å². The van der Waals surface area contributed by atoms with E-state index in [0.717, 1.165) is 0 Å². The molecule has 14 heteroatoms. The largest absolute Gasteiger partial charge is 0.475 e. The first-order valence-corrected chi connectivity index (χ1v) is 13.0. The molecule has 0 radical (unpaired) electrons. The summed E-state index contributed by atoms with van der Waals surface area (Å²) in [5.74, 6) is -0.623.